The van der Waals surface area contributed by atoms with E-state index in [0.29, 0.717) is 11.5 Å². The Kier molecular flexibility index (Phi) is 6.45. The number of rotatable bonds is 7. The molecule has 0 aliphatic rings. The number of hydrogen-bond donors (Lipinski definition) is 0. The molecule has 0 aliphatic heterocycles. The lowest BCUT2D eigenvalue weighted by molar-refractivity contribution is -0.129. The van der Waals surface area contributed by atoms with Crippen LogP contribution >= 0.6 is 0 Å². The molecule has 0 spiro atoms. The number of carbonyl (C=O) groups excluding carboxylic acids is 2. The second-order valence-corrected chi connectivity index (χ2v) is 6.37. The first-order chi connectivity index (χ1) is 14.5. The Labute approximate surface area is 175 Å². The molecule has 0 atom stereocenters. The van der Waals surface area contributed by atoms with Crippen molar-refractivity contribution in [3.05, 3.63) is 98.1 Å². The Bertz CT molecular complexity index is 1050. The highest BCUT2D eigenvalue weighted by Crippen LogP contribution is 2.29. The van der Waals surface area contributed by atoms with Crippen LogP contribution in [0.3, 0.4) is 0 Å². The summed E-state index contributed by atoms with van der Waals surface area (Å²) in [6, 6.07) is 22.6. The van der Waals surface area contributed by atoms with Gasteiger partial charge in [-0.1, -0.05) is 37.4 Å². The zero-order valence-corrected chi connectivity index (χ0v) is 16.6. The Hall–Kier alpha value is -4.12. The van der Waals surface area contributed by atoms with Gasteiger partial charge in [0.25, 0.3) is 0 Å². The number of benzene rings is 3. The van der Waals surface area contributed by atoms with E-state index in [0.717, 1.165) is 34.7 Å². The molecule has 0 saturated carbocycles. The molecule has 3 aromatic rings. The van der Waals surface area contributed by atoms with Crippen molar-refractivity contribution in [3.63, 3.8) is 0 Å². The van der Waals surface area contributed by atoms with Crippen molar-refractivity contribution in [2.75, 3.05) is 11.9 Å². The van der Waals surface area contributed by atoms with Crippen molar-refractivity contribution < 1.29 is 19.1 Å². The molecular formula is C25H21NO4. The quantitative estimate of drug-likeness (QED) is 0.306. The number of carbonyl (C=O) groups is 2. The van der Waals surface area contributed by atoms with Crippen LogP contribution in [0.4, 0.5) is 11.4 Å². The first-order valence-corrected chi connectivity index (χ1v) is 9.23. The zero-order valence-electron chi connectivity index (χ0n) is 16.6. The van der Waals surface area contributed by atoms with Gasteiger partial charge in [-0.25, -0.2) is 9.59 Å². The second-order valence-electron chi connectivity index (χ2n) is 6.37. The molecule has 0 amide bonds. The predicted molar refractivity (Wildman–Crippen MR) is 118 cm³/mol. The van der Waals surface area contributed by atoms with Gasteiger partial charge in [-0.2, -0.15) is 0 Å². The van der Waals surface area contributed by atoms with Gasteiger partial charge in [0.2, 0.25) is 0 Å². The Morgan fingerprint density at radius 2 is 1.00 bits per heavy atom. The molecule has 0 radical (unpaired) electrons. The van der Waals surface area contributed by atoms with Crippen LogP contribution < -0.4 is 14.4 Å². The van der Waals surface area contributed by atoms with E-state index in [2.05, 4.69) is 13.2 Å². The third-order valence-corrected chi connectivity index (χ3v) is 4.44. The fraction of sp³-hybridized carbons (Fsp3) is 0.0400. The molecule has 150 valence electrons. The number of hydrogen-bond acceptors (Lipinski definition) is 5. The van der Waals surface area contributed by atoms with E-state index in [9.17, 15) is 9.59 Å². The summed E-state index contributed by atoms with van der Waals surface area (Å²) in [7, 11) is 1.96. The van der Waals surface area contributed by atoms with Gasteiger partial charge < -0.3 is 14.4 Å². The molecule has 0 saturated heterocycles. The Balaban J connectivity index is 1.70. The van der Waals surface area contributed by atoms with Crippen LogP contribution in [0.15, 0.2) is 98.1 Å². The zero-order chi connectivity index (χ0) is 21.5. The lowest BCUT2D eigenvalue weighted by Gasteiger charge is -2.20. The molecule has 30 heavy (non-hydrogen) atoms. The molecule has 0 heterocycles. The lowest BCUT2D eigenvalue weighted by atomic mass is 10.0. The summed E-state index contributed by atoms with van der Waals surface area (Å²) in [5.41, 5.74) is 4.01. The van der Waals surface area contributed by atoms with E-state index in [1.165, 1.54) is 0 Å². The molecule has 3 rings (SSSR count). The van der Waals surface area contributed by atoms with Crippen molar-refractivity contribution in [1.29, 1.82) is 0 Å². The first kappa shape index (κ1) is 20.6. The predicted octanol–water partition coefficient (Wildman–Crippen LogP) is 5.30. The summed E-state index contributed by atoms with van der Waals surface area (Å²) in [5.74, 6) is -0.0301. The molecule has 0 fully saturated rings. The molecule has 0 N–H and O–H groups in total. The summed E-state index contributed by atoms with van der Waals surface area (Å²) < 4.78 is 10.2. The van der Waals surface area contributed by atoms with Crippen molar-refractivity contribution in [2.24, 2.45) is 0 Å². The highest BCUT2D eigenvalue weighted by atomic mass is 16.5. The molecule has 5 heteroatoms. The van der Waals surface area contributed by atoms with Crippen molar-refractivity contribution in [1.82, 2.24) is 0 Å². The Morgan fingerprint density at radius 3 is 1.40 bits per heavy atom. The number of esters is 2. The van der Waals surface area contributed by atoms with Crippen LogP contribution in [0.25, 0.3) is 11.1 Å². The van der Waals surface area contributed by atoms with E-state index in [4.69, 9.17) is 9.47 Å². The van der Waals surface area contributed by atoms with Crippen LogP contribution in [0.5, 0.6) is 11.5 Å². The number of anilines is 2. The smallest absolute Gasteiger partial charge is 0.335 e. The molecular weight excluding hydrogens is 378 g/mol. The minimum absolute atomic E-state index is 0.467. The lowest BCUT2D eigenvalue weighted by Crippen LogP contribution is -2.09. The van der Waals surface area contributed by atoms with E-state index in [1.807, 2.05) is 60.5 Å². The first-order valence-electron chi connectivity index (χ1n) is 9.23. The fourth-order valence-corrected chi connectivity index (χ4v) is 2.80. The summed E-state index contributed by atoms with van der Waals surface area (Å²) >= 11 is 0. The van der Waals surface area contributed by atoms with Crippen molar-refractivity contribution in [2.45, 2.75) is 0 Å². The van der Waals surface area contributed by atoms with Crippen LogP contribution in [0.2, 0.25) is 0 Å². The molecule has 0 unspecified atom stereocenters. The average molecular weight is 399 g/mol. The maximum Gasteiger partial charge on any atom is 0.335 e. The monoisotopic (exact) mass is 399 g/mol. The van der Waals surface area contributed by atoms with Gasteiger partial charge in [-0.15, -0.1) is 0 Å². The topological polar surface area (TPSA) is 55.8 Å². The molecule has 0 aliphatic carbocycles. The summed E-state index contributed by atoms with van der Waals surface area (Å²) in [5, 5.41) is 0. The minimum Gasteiger partial charge on any atom is -0.423 e. The SMILES string of the molecule is C=CC(=O)Oc1ccc(-c2ccc(N(C)c3ccc(OC(=O)C=C)cc3)cc2)cc1. The second kappa shape index (κ2) is 9.39. The summed E-state index contributed by atoms with van der Waals surface area (Å²) in [6.07, 6.45) is 2.26. The van der Waals surface area contributed by atoms with Gasteiger partial charge in [-0.3, -0.25) is 0 Å². The van der Waals surface area contributed by atoms with E-state index >= 15 is 0 Å². The van der Waals surface area contributed by atoms with E-state index in [-0.39, 0.29) is 0 Å². The Morgan fingerprint density at radius 1 is 0.667 bits per heavy atom. The van der Waals surface area contributed by atoms with Crippen molar-refractivity contribution in [3.8, 4) is 22.6 Å². The molecule has 5 nitrogen and oxygen atoms in total. The third-order valence-electron chi connectivity index (χ3n) is 4.44. The highest BCUT2D eigenvalue weighted by molar-refractivity contribution is 5.84. The highest BCUT2D eigenvalue weighted by Gasteiger charge is 2.07. The fourth-order valence-electron chi connectivity index (χ4n) is 2.80. The number of nitrogens with zero attached hydrogens (tertiary/aromatic N) is 1. The van der Waals surface area contributed by atoms with Gasteiger partial charge in [0, 0.05) is 30.6 Å². The van der Waals surface area contributed by atoms with Gasteiger partial charge >= 0.3 is 11.9 Å². The van der Waals surface area contributed by atoms with Gasteiger partial charge in [0.05, 0.1) is 0 Å². The number of ether oxygens (including phenoxy) is 2. The van der Waals surface area contributed by atoms with Crippen LogP contribution in [-0.2, 0) is 9.59 Å². The van der Waals surface area contributed by atoms with Gasteiger partial charge in [0.15, 0.2) is 0 Å². The van der Waals surface area contributed by atoms with Gasteiger partial charge in [0.1, 0.15) is 11.5 Å². The van der Waals surface area contributed by atoms with Crippen LogP contribution in [0, 0.1) is 0 Å². The standard InChI is InChI=1S/C25H21NO4/c1-4-24(27)29-22-14-8-19(9-15-22)18-6-10-20(11-7-18)26(3)21-12-16-23(17-13-21)30-25(28)5-2/h4-17H,1-2H2,3H3. The van der Waals surface area contributed by atoms with Crippen molar-refractivity contribution >= 4 is 23.3 Å². The van der Waals surface area contributed by atoms with Crippen LogP contribution in [0.1, 0.15) is 0 Å². The maximum atomic E-state index is 11.3. The molecule has 0 aromatic heterocycles. The minimum atomic E-state index is -0.487. The third kappa shape index (κ3) is 5.02. The van der Waals surface area contributed by atoms with E-state index in [1.54, 1.807) is 24.3 Å². The molecule has 3 aromatic carbocycles. The molecule has 0 bridgehead atoms. The summed E-state index contributed by atoms with van der Waals surface area (Å²) in [6.45, 7) is 6.77. The normalized spacial score (nSPS) is 10.0. The summed E-state index contributed by atoms with van der Waals surface area (Å²) in [4.78, 5) is 24.6. The van der Waals surface area contributed by atoms with Gasteiger partial charge in [-0.05, 0) is 59.7 Å². The maximum absolute atomic E-state index is 11.3. The van der Waals surface area contributed by atoms with Crippen LogP contribution in [-0.4, -0.2) is 19.0 Å². The average Bonchev–Trinajstić information content (AvgIpc) is 2.79. The van der Waals surface area contributed by atoms with E-state index < -0.39 is 11.9 Å². The largest absolute Gasteiger partial charge is 0.423 e.